The van der Waals surface area contributed by atoms with Crippen molar-refractivity contribution in [3.63, 3.8) is 0 Å². The number of rotatable bonds is 9. The molecule has 0 unspecified atom stereocenters. The van der Waals surface area contributed by atoms with Crippen molar-refractivity contribution in [2.75, 3.05) is 45.9 Å². The molecule has 0 saturated heterocycles. The Morgan fingerprint density at radius 1 is 1.35 bits per heavy atom. The molecule has 0 saturated carbocycles. The molecule has 20 heavy (non-hydrogen) atoms. The lowest BCUT2D eigenvalue weighted by atomic mass is 10.2. The number of hydrogen-bond donors (Lipinski definition) is 2. The standard InChI is InChI=1S/C13H22N4O3/c1-19-8-3-6-17(7-9-20-2)13(18)12-10-11(16-14)4-5-15-12/h4-5,10H,3,6-9,14H2,1-2H3,(H,15,16). The number of nitrogens with one attached hydrogen (secondary N) is 1. The van der Waals surface area contributed by atoms with E-state index >= 15 is 0 Å². The van der Waals surface area contributed by atoms with Gasteiger partial charge in [-0.15, -0.1) is 0 Å². The maximum atomic E-state index is 12.4. The Kier molecular flexibility index (Phi) is 7.56. The smallest absolute Gasteiger partial charge is 0.272 e. The fourth-order valence-electron chi connectivity index (χ4n) is 1.72. The van der Waals surface area contributed by atoms with E-state index in [4.69, 9.17) is 15.3 Å². The van der Waals surface area contributed by atoms with Gasteiger partial charge in [0.1, 0.15) is 5.69 Å². The number of carbonyl (C=O) groups excluding carboxylic acids is 1. The summed E-state index contributed by atoms with van der Waals surface area (Å²) in [4.78, 5) is 18.2. The maximum Gasteiger partial charge on any atom is 0.272 e. The van der Waals surface area contributed by atoms with E-state index in [1.165, 1.54) is 0 Å². The largest absolute Gasteiger partial charge is 0.385 e. The van der Waals surface area contributed by atoms with Crippen LogP contribution in [-0.2, 0) is 9.47 Å². The number of carbonyl (C=O) groups is 1. The maximum absolute atomic E-state index is 12.4. The Balaban J connectivity index is 2.73. The number of pyridine rings is 1. The summed E-state index contributed by atoms with van der Waals surface area (Å²) in [7, 11) is 3.24. The van der Waals surface area contributed by atoms with E-state index in [-0.39, 0.29) is 5.91 Å². The van der Waals surface area contributed by atoms with Gasteiger partial charge in [0.05, 0.1) is 12.3 Å². The first-order valence-electron chi connectivity index (χ1n) is 6.42. The summed E-state index contributed by atoms with van der Waals surface area (Å²) in [6, 6.07) is 3.32. The quantitative estimate of drug-likeness (QED) is 0.389. The molecule has 112 valence electrons. The van der Waals surface area contributed by atoms with Gasteiger partial charge in [0.25, 0.3) is 5.91 Å². The number of hydrogen-bond acceptors (Lipinski definition) is 6. The van der Waals surface area contributed by atoms with E-state index < -0.39 is 0 Å². The summed E-state index contributed by atoms with van der Waals surface area (Å²) in [6.07, 6.45) is 2.31. The molecule has 7 nitrogen and oxygen atoms in total. The van der Waals surface area contributed by atoms with Crippen LogP contribution in [0.1, 0.15) is 16.9 Å². The highest BCUT2D eigenvalue weighted by Crippen LogP contribution is 2.09. The van der Waals surface area contributed by atoms with Crippen LogP contribution in [0.15, 0.2) is 18.3 Å². The number of hydrazine groups is 1. The molecule has 0 aromatic carbocycles. The van der Waals surface area contributed by atoms with Gasteiger partial charge in [0.15, 0.2) is 0 Å². The van der Waals surface area contributed by atoms with Gasteiger partial charge >= 0.3 is 0 Å². The average Bonchev–Trinajstić information content (AvgIpc) is 2.50. The second-order valence-electron chi connectivity index (χ2n) is 4.21. The third-order valence-electron chi connectivity index (χ3n) is 2.77. The molecule has 0 fully saturated rings. The molecule has 1 aromatic heterocycles. The van der Waals surface area contributed by atoms with Gasteiger partial charge in [-0.05, 0) is 18.6 Å². The second-order valence-corrected chi connectivity index (χ2v) is 4.21. The number of nitrogen functional groups attached to an aromatic ring is 1. The van der Waals surface area contributed by atoms with Crippen molar-refractivity contribution in [3.8, 4) is 0 Å². The summed E-state index contributed by atoms with van der Waals surface area (Å²) in [5.74, 6) is 5.19. The monoisotopic (exact) mass is 282 g/mol. The molecule has 1 heterocycles. The van der Waals surface area contributed by atoms with Crippen molar-refractivity contribution in [3.05, 3.63) is 24.0 Å². The lowest BCUT2D eigenvalue weighted by Crippen LogP contribution is -2.35. The Labute approximate surface area is 119 Å². The van der Waals surface area contributed by atoms with E-state index in [2.05, 4.69) is 10.4 Å². The fraction of sp³-hybridized carbons (Fsp3) is 0.538. The third kappa shape index (κ3) is 5.12. The van der Waals surface area contributed by atoms with Crippen LogP contribution in [0.25, 0.3) is 0 Å². The predicted molar refractivity (Wildman–Crippen MR) is 76.3 cm³/mol. The van der Waals surface area contributed by atoms with Crippen LogP contribution in [0.2, 0.25) is 0 Å². The zero-order chi connectivity index (χ0) is 14.8. The highest BCUT2D eigenvalue weighted by Gasteiger charge is 2.16. The summed E-state index contributed by atoms with van der Waals surface area (Å²) < 4.78 is 10.0. The van der Waals surface area contributed by atoms with Crippen molar-refractivity contribution < 1.29 is 14.3 Å². The molecular formula is C13H22N4O3. The second kappa shape index (κ2) is 9.24. The van der Waals surface area contributed by atoms with Gasteiger partial charge < -0.3 is 19.8 Å². The zero-order valence-electron chi connectivity index (χ0n) is 12.0. The molecule has 0 atom stereocenters. The molecule has 0 aliphatic heterocycles. The van der Waals surface area contributed by atoms with Gasteiger partial charge in [-0.25, -0.2) is 0 Å². The molecule has 0 spiro atoms. The Morgan fingerprint density at radius 3 is 2.75 bits per heavy atom. The van der Waals surface area contributed by atoms with E-state index in [9.17, 15) is 4.79 Å². The minimum absolute atomic E-state index is 0.143. The topological polar surface area (TPSA) is 89.7 Å². The third-order valence-corrected chi connectivity index (χ3v) is 2.77. The first-order valence-corrected chi connectivity index (χ1v) is 6.42. The van der Waals surface area contributed by atoms with Gasteiger partial charge in [-0.2, -0.15) is 0 Å². The predicted octanol–water partition coefficient (Wildman–Crippen LogP) is 0.492. The highest BCUT2D eigenvalue weighted by atomic mass is 16.5. The fourth-order valence-corrected chi connectivity index (χ4v) is 1.72. The zero-order valence-corrected chi connectivity index (χ0v) is 12.0. The molecule has 1 aromatic rings. The number of ether oxygens (including phenoxy) is 2. The first-order chi connectivity index (χ1) is 9.72. The van der Waals surface area contributed by atoms with Crippen LogP contribution in [0, 0.1) is 0 Å². The molecular weight excluding hydrogens is 260 g/mol. The Bertz CT molecular complexity index is 414. The van der Waals surface area contributed by atoms with Crippen molar-refractivity contribution in [1.29, 1.82) is 0 Å². The summed E-state index contributed by atoms with van der Waals surface area (Å²) in [5.41, 5.74) is 3.50. The van der Waals surface area contributed by atoms with Gasteiger partial charge in [-0.3, -0.25) is 15.6 Å². The molecule has 0 aliphatic rings. The molecule has 1 amide bonds. The average molecular weight is 282 g/mol. The molecule has 7 heteroatoms. The molecule has 0 radical (unpaired) electrons. The molecule has 0 aliphatic carbocycles. The van der Waals surface area contributed by atoms with Crippen LogP contribution in [-0.4, -0.2) is 56.3 Å². The lowest BCUT2D eigenvalue weighted by Gasteiger charge is -2.22. The van der Waals surface area contributed by atoms with E-state index in [0.717, 1.165) is 6.42 Å². The van der Waals surface area contributed by atoms with E-state index in [0.29, 0.717) is 37.7 Å². The number of anilines is 1. The minimum atomic E-state index is -0.143. The normalized spacial score (nSPS) is 10.3. The van der Waals surface area contributed by atoms with Crippen molar-refractivity contribution in [2.24, 2.45) is 5.84 Å². The number of nitrogens with two attached hydrogens (primary N) is 1. The molecule has 0 bridgehead atoms. The minimum Gasteiger partial charge on any atom is -0.385 e. The number of methoxy groups -OCH3 is 2. The summed E-state index contributed by atoms with van der Waals surface area (Å²) in [6.45, 7) is 2.20. The van der Waals surface area contributed by atoms with Crippen LogP contribution in [0.4, 0.5) is 5.69 Å². The molecule has 1 rings (SSSR count). The highest BCUT2D eigenvalue weighted by molar-refractivity contribution is 5.93. The summed E-state index contributed by atoms with van der Waals surface area (Å²) in [5, 5.41) is 0. The van der Waals surface area contributed by atoms with Crippen molar-refractivity contribution in [2.45, 2.75) is 6.42 Å². The van der Waals surface area contributed by atoms with Crippen molar-refractivity contribution >= 4 is 11.6 Å². The summed E-state index contributed by atoms with van der Waals surface area (Å²) >= 11 is 0. The van der Waals surface area contributed by atoms with Gasteiger partial charge in [0, 0.05) is 40.1 Å². The van der Waals surface area contributed by atoms with E-state index in [1.54, 1.807) is 37.4 Å². The number of amides is 1. The van der Waals surface area contributed by atoms with E-state index in [1.807, 2.05) is 0 Å². The van der Waals surface area contributed by atoms with Crippen LogP contribution in [0.3, 0.4) is 0 Å². The lowest BCUT2D eigenvalue weighted by molar-refractivity contribution is 0.0668. The van der Waals surface area contributed by atoms with Crippen LogP contribution >= 0.6 is 0 Å². The number of nitrogens with zero attached hydrogens (tertiary/aromatic N) is 2. The SMILES string of the molecule is COCCCN(CCOC)C(=O)c1cc(NN)ccn1. The van der Waals surface area contributed by atoms with Crippen LogP contribution < -0.4 is 11.3 Å². The first kappa shape index (κ1) is 16.4. The molecule has 3 N–H and O–H groups in total. The van der Waals surface area contributed by atoms with Gasteiger partial charge in [0.2, 0.25) is 0 Å². The van der Waals surface area contributed by atoms with Gasteiger partial charge in [-0.1, -0.05) is 0 Å². The Hall–Kier alpha value is -1.70. The van der Waals surface area contributed by atoms with Crippen LogP contribution in [0.5, 0.6) is 0 Å². The van der Waals surface area contributed by atoms with Crippen molar-refractivity contribution in [1.82, 2.24) is 9.88 Å². The number of aromatic nitrogens is 1. The Morgan fingerprint density at radius 2 is 2.10 bits per heavy atom.